The normalized spacial score (nSPS) is 47.8. The minimum atomic E-state index is -1.28. The van der Waals surface area contributed by atoms with Crippen LogP contribution >= 0.6 is 0 Å². The van der Waals surface area contributed by atoms with Crippen LogP contribution in [0.15, 0.2) is 0 Å². The highest BCUT2D eigenvalue weighted by atomic mass is 16.7. The Balaban J connectivity index is 0.984. The minimum absolute atomic E-state index is 0.0378. The molecule has 0 radical (unpaired) electrons. The zero-order chi connectivity index (χ0) is 37.1. The van der Waals surface area contributed by atoms with Gasteiger partial charge in [0.25, 0.3) is 0 Å². The highest BCUT2D eigenvalue weighted by Crippen LogP contribution is 2.89. The van der Waals surface area contributed by atoms with Crippen LogP contribution in [0.1, 0.15) is 126 Å². The first-order valence-corrected chi connectivity index (χ1v) is 21.4. The first-order valence-electron chi connectivity index (χ1n) is 21.4. The van der Waals surface area contributed by atoms with Gasteiger partial charge in [0.15, 0.2) is 18.2 Å². The highest BCUT2D eigenvalue weighted by molar-refractivity contribution is 5.93. The van der Waals surface area contributed by atoms with E-state index in [1.54, 1.807) is 20.8 Å². The van der Waals surface area contributed by atoms with Crippen molar-refractivity contribution in [2.24, 2.45) is 50.7 Å². The molecule has 13 atom stereocenters. The fourth-order valence-electron chi connectivity index (χ4n) is 14.8. The second-order valence-electron chi connectivity index (χ2n) is 20.5. The van der Waals surface area contributed by atoms with Crippen LogP contribution in [0.5, 0.6) is 0 Å². The number of Topliss-reactive ketones (excluding diaryl/α,β-unsaturated/α-hetero) is 1. The van der Waals surface area contributed by atoms with Crippen molar-refractivity contribution in [3.8, 4) is 0 Å². The quantitative estimate of drug-likeness (QED) is 0.277. The number of rotatable bonds is 9. The largest absolute Gasteiger partial charge is 0.457 e. The van der Waals surface area contributed by atoms with E-state index in [1.807, 2.05) is 0 Å². The molecule has 5 aliphatic carbocycles. The minimum Gasteiger partial charge on any atom is -0.457 e. The molecule has 8 aliphatic rings. The molecule has 9 nitrogen and oxygen atoms in total. The maximum absolute atomic E-state index is 15.1. The Hall–Kier alpha value is -1.10. The molecule has 0 aromatic rings. The maximum atomic E-state index is 15.1. The molecule has 52 heavy (non-hydrogen) atoms. The summed E-state index contributed by atoms with van der Waals surface area (Å²) in [5, 5.41) is 11.1. The lowest BCUT2D eigenvalue weighted by atomic mass is 9.41. The van der Waals surface area contributed by atoms with E-state index in [0.717, 1.165) is 58.5 Å². The van der Waals surface area contributed by atoms with E-state index < -0.39 is 29.3 Å². The van der Waals surface area contributed by atoms with Gasteiger partial charge >= 0.3 is 5.97 Å². The zero-order valence-corrected chi connectivity index (χ0v) is 33.7. The SMILES string of the molecule is CCC(=O)O[C@@H]([C@H]1C[C@@H](C)[C@H]2[C@H](O1)C(=O)[C@@]1(C)[C@@H]3CC[C@H]4C(C)(C)[C@@H](O[C@H]5CN(CCN6CCCC6)CCO5)CC[C@@]45C[C@@]35CC[C@]21C)C(C)(C)O. The molecule has 294 valence electrons. The lowest BCUT2D eigenvalue weighted by Gasteiger charge is -2.62. The number of hydrogen-bond donors (Lipinski definition) is 1. The van der Waals surface area contributed by atoms with Gasteiger partial charge in [-0.15, -0.1) is 0 Å². The monoisotopic (exact) mass is 727 g/mol. The van der Waals surface area contributed by atoms with Gasteiger partial charge in [0.2, 0.25) is 0 Å². The summed E-state index contributed by atoms with van der Waals surface area (Å²) in [5.74, 6) is 1.20. The van der Waals surface area contributed by atoms with E-state index in [4.69, 9.17) is 18.9 Å². The van der Waals surface area contributed by atoms with Gasteiger partial charge in [-0.3, -0.25) is 14.5 Å². The molecule has 3 saturated heterocycles. The number of morpholine rings is 1. The van der Waals surface area contributed by atoms with E-state index in [2.05, 4.69) is 44.4 Å². The predicted octanol–water partition coefficient (Wildman–Crippen LogP) is 6.24. The number of carbonyl (C=O) groups is 2. The molecule has 0 aromatic heterocycles. The molecule has 8 rings (SSSR count). The Labute approximate surface area is 313 Å². The van der Waals surface area contributed by atoms with E-state index in [-0.39, 0.29) is 64.1 Å². The van der Waals surface area contributed by atoms with Crippen LogP contribution in [0.25, 0.3) is 0 Å². The Morgan fingerprint density at radius 3 is 2.38 bits per heavy atom. The smallest absolute Gasteiger partial charge is 0.305 e. The third-order valence-electron chi connectivity index (χ3n) is 17.4. The second kappa shape index (κ2) is 13.0. The number of fused-ring (bicyclic) bond motifs is 4. The molecular weight excluding hydrogens is 656 g/mol. The standard InChI is InChI=1S/C43H70N2O7/c1-9-32(46)52-37(39(5,6)48)28-24-27(2)34-35(50-28)36(47)41(8)30-13-12-29-38(3,4)31(14-15-42(29)26-43(30,42)17-16-40(34,41)7)51-33-25-45(22-23-49-33)21-20-44-18-10-11-19-44/h27-31,33-35,37,48H,9-26H2,1-8H3/t27-,28-,29+,30+,31+,33+,34+,35+,37+,40-,41-,42-,43+/m1/s1. The van der Waals surface area contributed by atoms with Gasteiger partial charge in [-0.05, 0) is 131 Å². The van der Waals surface area contributed by atoms with Crippen LogP contribution in [0.4, 0.5) is 0 Å². The average molecular weight is 727 g/mol. The Morgan fingerprint density at radius 1 is 0.981 bits per heavy atom. The summed E-state index contributed by atoms with van der Waals surface area (Å²) < 4.78 is 25.9. The molecule has 0 amide bonds. The summed E-state index contributed by atoms with van der Waals surface area (Å²) in [6.07, 6.45) is 9.74. The van der Waals surface area contributed by atoms with Gasteiger partial charge in [-0.25, -0.2) is 0 Å². The number of nitrogens with zero attached hydrogens (tertiary/aromatic N) is 2. The number of ether oxygens (including phenoxy) is 4. The fraction of sp³-hybridized carbons (Fsp3) is 0.953. The topological polar surface area (TPSA) is 97.8 Å². The Bertz CT molecular complexity index is 1390. The van der Waals surface area contributed by atoms with E-state index >= 15 is 4.79 Å². The molecule has 5 saturated carbocycles. The third-order valence-corrected chi connectivity index (χ3v) is 17.4. The summed E-state index contributed by atoms with van der Waals surface area (Å²) in [5.41, 5.74) is -1.37. The predicted molar refractivity (Wildman–Crippen MR) is 198 cm³/mol. The summed E-state index contributed by atoms with van der Waals surface area (Å²) in [6.45, 7) is 24.5. The Kier molecular flexibility index (Phi) is 9.43. The van der Waals surface area contributed by atoms with E-state index in [1.165, 1.54) is 45.2 Å². The van der Waals surface area contributed by atoms with Crippen LogP contribution in [0.2, 0.25) is 0 Å². The van der Waals surface area contributed by atoms with E-state index in [0.29, 0.717) is 18.3 Å². The molecule has 3 heterocycles. The van der Waals surface area contributed by atoms with Gasteiger partial charge < -0.3 is 29.0 Å². The summed E-state index contributed by atoms with van der Waals surface area (Å²) in [7, 11) is 0. The van der Waals surface area contributed by atoms with Gasteiger partial charge in [-0.1, -0.05) is 41.5 Å². The van der Waals surface area contributed by atoms with Crippen LogP contribution in [-0.2, 0) is 28.5 Å². The summed E-state index contributed by atoms with van der Waals surface area (Å²) in [6, 6.07) is 0. The lowest BCUT2D eigenvalue weighted by Crippen LogP contribution is -2.60. The number of hydrogen-bond acceptors (Lipinski definition) is 9. The van der Waals surface area contributed by atoms with Crippen molar-refractivity contribution in [1.29, 1.82) is 0 Å². The number of aliphatic hydroxyl groups is 1. The van der Waals surface area contributed by atoms with Crippen molar-refractivity contribution in [3.63, 3.8) is 0 Å². The molecule has 0 aromatic carbocycles. The van der Waals surface area contributed by atoms with Crippen molar-refractivity contribution >= 4 is 11.8 Å². The fourth-order valence-corrected chi connectivity index (χ4v) is 14.8. The average Bonchev–Trinajstić information content (AvgIpc) is 3.36. The van der Waals surface area contributed by atoms with E-state index in [9.17, 15) is 9.90 Å². The van der Waals surface area contributed by atoms with Crippen LogP contribution in [0, 0.1) is 50.7 Å². The summed E-state index contributed by atoms with van der Waals surface area (Å²) >= 11 is 0. The number of ketones is 1. The maximum Gasteiger partial charge on any atom is 0.305 e. The Morgan fingerprint density at radius 2 is 1.67 bits per heavy atom. The number of esters is 1. The van der Waals surface area contributed by atoms with Gasteiger partial charge in [0.1, 0.15) is 6.10 Å². The summed E-state index contributed by atoms with van der Waals surface area (Å²) in [4.78, 5) is 32.8. The highest BCUT2D eigenvalue weighted by Gasteiger charge is 2.85. The molecular formula is C43H70N2O7. The van der Waals surface area contributed by atoms with Crippen molar-refractivity contribution in [2.45, 2.75) is 162 Å². The lowest BCUT2D eigenvalue weighted by molar-refractivity contribution is -0.247. The van der Waals surface area contributed by atoms with Gasteiger partial charge in [0, 0.05) is 43.9 Å². The van der Waals surface area contributed by atoms with Crippen molar-refractivity contribution in [3.05, 3.63) is 0 Å². The molecule has 8 fully saturated rings. The second-order valence-corrected chi connectivity index (χ2v) is 20.5. The number of likely N-dealkylation sites (tertiary alicyclic amines) is 1. The first-order chi connectivity index (χ1) is 24.5. The first kappa shape index (κ1) is 37.8. The molecule has 1 N–H and O–H groups in total. The van der Waals surface area contributed by atoms with Gasteiger partial charge in [0.05, 0.1) is 24.4 Å². The molecule has 0 unspecified atom stereocenters. The zero-order valence-electron chi connectivity index (χ0n) is 33.7. The third kappa shape index (κ3) is 5.49. The van der Waals surface area contributed by atoms with Crippen molar-refractivity contribution in [2.75, 3.05) is 45.9 Å². The molecule has 0 bridgehead atoms. The molecule has 2 spiro atoms. The van der Waals surface area contributed by atoms with Crippen molar-refractivity contribution in [1.82, 2.24) is 9.80 Å². The van der Waals surface area contributed by atoms with Crippen LogP contribution in [-0.4, -0.2) is 109 Å². The molecule has 9 heteroatoms. The van der Waals surface area contributed by atoms with Gasteiger partial charge in [-0.2, -0.15) is 0 Å². The molecule has 3 aliphatic heterocycles. The van der Waals surface area contributed by atoms with Crippen molar-refractivity contribution < 1.29 is 33.6 Å². The van der Waals surface area contributed by atoms with Crippen LogP contribution < -0.4 is 0 Å². The number of carbonyl (C=O) groups excluding carboxylic acids is 2. The van der Waals surface area contributed by atoms with Crippen LogP contribution in [0.3, 0.4) is 0 Å².